The van der Waals surface area contributed by atoms with Gasteiger partial charge in [0.05, 0.1) is 63.8 Å². The third-order valence-corrected chi connectivity index (χ3v) is 3.84. The summed E-state index contributed by atoms with van der Waals surface area (Å²) >= 11 is 0. The molecule has 0 saturated carbocycles. The van der Waals surface area contributed by atoms with Crippen LogP contribution >= 0.6 is 0 Å². The minimum atomic E-state index is -0.486. The second-order valence-electron chi connectivity index (χ2n) is 5.65. The van der Waals surface area contributed by atoms with Crippen molar-refractivity contribution in [2.24, 2.45) is 0 Å². The number of morpholine rings is 1. The molecule has 0 bridgehead atoms. The van der Waals surface area contributed by atoms with Crippen LogP contribution in [-0.4, -0.2) is 82.8 Å². The van der Waals surface area contributed by atoms with Gasteiger partial charge in [0, 0.05) is 25.7 Å². The number of nitrogens with zero attached hydrogens (tertiary/aromatic N) is 2. The van der Waals surface area contributed by atoms with E-state index in [1.54, 1.807) is 6.07 Å². The summed E-state index contributed by atoms with van der Waals surface area (Å²) in [6.45, 7) is 6.74. The molecule has 0 spiro atoms. The first-order chi connectivity index (χ1) is 12.7. The zero-order valence-electron chi connectivity index (χ0n) is 15.1. The Balaban J connectivity index is 1.52. The van der Waals surface area contributed by atoms with E-state index in [0.717, 1.165) is 32.8 Å². The smallest absolute Gasteiger partial charge is 0.276 e. The van der Waals surface area contributed by atoms with Crippen molar-refractivity contribution in [1.82, 2.24) is 4.90 Å². The monoisotopic (exact) mass is 370 g/mol. The van der Waals surface area contributed by atoms with Crippen LogP contribution in [0.4, 0.5) is 5.69 Å². The average molecular weight is 370 g/mol. The number of rotatable bonds is 12. The zero-order chi connectivity index (χ0) is 18.6. The van der Waals surface area contributed by atoms with Gasteiger partial charge < -0.3 is 23.7 Å². The second kappa shape index (κ2) is 11.6. The molecule has 0 N–H and O–H groups in total. The molecule has 0 amide bonds. The number of nitro benzene ring substituents is 1. The zero-order valence-corrected chi connectivity index (χ0v) is 15.1. The van der Waals surface area contributed by atoms with Gasteiger partial charge in [-0.25, -0.2) is 0 Å². The van der Waals surface area contributed by atoms with E-state index in [-0.39, 0.29) is 12.3 Å². The van der Waals surface area contributed by atoms with Gasteiger partial charge in [0.1, 0.15) is 18.1 Å². The summed E-state index contributed by atoms with van der Waals surface area (Å²) in [5.41, 5.74) is -0.0751. The standard InChI is InChI=1S/C17H26N2O7/c1-22-16-12-15(19(20)21)13-17(14-16)26-11-10-25-9-8-24-7-4-18-2-5-23-6-3-18/h12-14H,2-11H2,1H3. The maximum absolute atomic E-state index is 10.9. The molecule has 1 aromatic rings. The highest BCUT2D eigenvalue weighted by molar-refractivity contribution is 5.45. The van der Waals surface area contributed by atoms with E-state index in [9.17, 15) is 10.1 Å². The predicted octanol–water partition coefficient (Wildman–Crippen LogP) is 1.35. The summed E-state index contributed by atoms with van der Waals surface area (Å²) in [5, 5.41) is 10.9. The number of hydrogen-bond acceptors (Lipinski definition) is 8. The third-order valence-electron chi connectivity index (χ3n) is 3.84. The van der Waals surface area contributed by atoms with Crippen molar-refractivity contribution in [2.45, 2.75) is 0 Å². The fourth-order valence-corrected chi connectivity index (χ4v) is 2.42. The molecule has 0 radical (unpaired) electrons. The summed E-state index contributed by atoms with van der Waals surface area (Å²) < 4.78 is 26.8. The van der Waals surface area contributed by atoms with Crippen molar-refractivity contribution in [2.75, 3.05) is 73.0 Å². The van der Waals surface area contributed by atoms with Crippen LogP contribution in [0.25, 0.3) is 0 Å². The Labute approximate surface area is 152 Å². The lowest BCUT2D eigenvalue weighted by atomic mass is 10.3. The van der Waals surface area contributed by atoms with E-state index < -0.39 is 4.92 Å². The largest absolute Gasteiger partial charge is 0.496 e. The Kier molecular flexibility index (Phi) is 9.11. The molecule has 0 aliphatic carbocycles. The molecule has 1 aliphatic heterocycles. The number of benzene rings is 1. The Morgan fingerprint density at radius 1 is 1.04 bits per heavy atom. The maximum Gasteiger partial charge on any atom is 0.276 e. The molecular weight excluding hydrogens is 344 g/mol. The molecule has 1 aliphatic rings. The van der Waals surface area contributed by atoms with Crippen LogP contribution in [0.1, 0.15) is 0 Å². The Bertz CT molecular complexity index is 550. The van der Waals surface area contributed by atoms with Crippen molar-refractivity contribution in [3.8, 4) is 11.5 Å². The van der Waals surface area contributed by atoms with E-state index in [4.69, 9.17) is 23.7 Å². The minimum Gasteiger partial charge on any atom is -0.496 e. The molecule has 2 rings (SSSR count). The van der Waals surface area contributed by atoms with E-state index in [1.165, 1.54) is 19.2 Å². The highest BCUT2D eigenvalue weighted by atomic mass is 16.6. The lowest BCUT2D eigenvalue weighted by molar-refractivity contribution is -0.385. The minimum absolute atomic E-state index is 0.0751. The molecule has 0 atom stereocenters. The number of non-ortho nitro benzene ring substituents is 1. The maximum atomic E-state index is 10.9. The molecular formula is C17H26N2O7. The van der Waals surface area contributed by atoms with Crippen LogP contribution in [0.3, 0.4) is 0 Å². The van der Waals surface area contributed by atoms with Gasteiger partial charge in [-0.1, -0.05) is 0 Å². The third kappa shape index (κ3) is 7.52. The first kappa shape index (κ1) is 20.4. The SMILES string of the molecule is COc1cc(OCCOCCOCCN2CCOCC2)cc([N+](=O)[O-])c1. The normalized spacial score (nSPS) is 15.0. The van der Waals surface area contributed by atoms with E-state index in [2.05, 4.69) is 4.90 Å². The summed E-state index contributed by atoms with van der Waals surface area (Å²) in [7, 11) is 1.45. The van der Waals surface area contributed by atoms with E-state index in [1.807, 2.05) is 0 Å². The van der Waals surface area contributed by atoms with E-state index >= 15 is 0 Å². The van der Waals surface area contributed by atoms with Crippen molar-refractivity contribution in [3.63, 3.8) is 0 Å². The highest BCUT2D eigenvalue weighted by Crippen LogP contribution is 2.27. The summed E-state index contributed by atoms with van der Waals surface area (Å²) in [4.78, 5) is 12.7. The quantitative estimate of drug-likeness (QED) is 0.309. The van der Waals surface area contributed by atoms with Crippen molar-refractivity contribution < 1.29 is 28.6 Å². The molecule has 1 aromatic carbocycles. The van der Waals surface area contributed by atoms with Crippen LogP contribution in [0.2, 0.25) is 0 Å². The number of ether oxygens (including phenoxy) is 5. The van der Waals surface area contributed by atoms with Gasteiger partial charge in [0.25, 0.3) is 5.69 Å². The van der Waals surface area contributed by atoms with Gasteiger partial charge in [0.15, 0.2) is 0 Å². The van der Waals surface area contributed by atoms with Crippen LogP contribution in [0.5, 0.6) is 11.5 Å². The first-order valence-corrected chi connectivity index (χ1v) is 8.61. The molecule has 146 valence electrons. The molecule has 0 aromatic heterocycles. The fraction of sp³-hybridized carbons (Fsp3) is 0.647. The van der Waals surface area contributed by atoms with Crippen molar-refractivity contribution >= 4 is 5.69 Å². The van der Waals surface area contributed by atoms with Gasteiger partial charge in [-0.3, -0.25) is 15.0 Å². The number of hydrogen-bond donors (Lipinski definition) is 0. The predicted molar refractivity (Wildman–Crippen MR) is 94.0 cm³/mol. The van der Waals surface area contributed by atoms with Crippen LogP contribution in [0.15, 0.2) is 18.2 Å². The number of nitro groups is 1. The molecule has 1 saturated heterocycles. The summed E-state index contributed by atoms with van der Waals surface area (Å²) in [6, 6.07) is 4.30. The second-order valence-corrected chi connectivity index (χ2v) is 5.65. The lowest BCUT2D eigenvalue weighted by Gasteiger charge is -2.26. The van der Waals surface area contributed by atoms with Gasteiger partial charge in [-0.15, -0.1) is 0 Å². The van der Waals surface area contributed by atoms with E-state index in [0.29, 0.717) is 37.9 Å². The van der Waals surface area contributed by atoms with Crippen LogP contribution < -0.4 is 9.47 Å². The number of methoxy groups -OCH3 is 1. The Morgan fingerprint density at radius 3 is 2.38 bits per heavy atom. The Morgan fingerprint density at radius 2 is 1.69 bits per heavy atom. The first-order valence-electron chi connectivity index (χ1n) is 8.61. The Hall–Kier alpha value is -1.94. The van der Waals surface area contributed by atoms with Crippen molar-refractivity contribution in [3.05, 3.63) is 28.3 Å². The fourth-order valence-electron chi connectivity index (χ4n) is 2.42. The summed E-state index contributed by atoms with van der Waals surface area (Å²) in [5.74, 6) is 0.755. The molecule has 1 heterocycles. The highest BCUT2D eigenvalue weighted by Gasteiger charge is 2.11. The van der Waals surface area contributed by atoms with Gasteiger partial charge >= 0.3 is 0 Å². The molecule has 9 nitrogen and oxygen atoms in total. The van der Waals surface area contributed by atoms with Crippen LogP contribution in [-0.2, 0) is 14.2 Å². The van der Waals surface area contributed by atoms with Crippen LogP contribution in [0, 0.1) is 10.1 Å². The molecule has 9 heteroatoms. The topological polar surface area (TPSA) is 92.5 Å². The lowest BCUT2D eigenvalue weighted by Crippen LogP contribution is -2.38. The molecule has 0 unspecified atom stereocenters. The average Bonchev–Trinajstić information content (AvgIpc) is 2.67. The molecule has 26 heavy (non-hydrogen) atoms. The van der Waals surface area contributed by atoms with Gasteiger partial charge in [-0.05, 0) is 0 Å². The summed E-state index contributed by atoms with van der Waals surface area (Å²) in [6.07, 6.45) is 0. The van der Waals surface area contributed by atoms with Crippen molar-refractivity contribution in [1.29, 1.82) is 0 Å². The van der Waals surface area contributed by atoms with Gasteiger partial charge in [0.2, 0.25) is 0 Å². The van der Waals surface area contributed by atoms with Gasteiger partial charge in [-0.2, -0.15) is 0 Å². The molecule has 1 fully saturated rings.